The molecule has 1 heterocycles. The van der Waals surface area contributed by atoms with Crippen molar-refractivity contribution in [1.29, 1.82) is 5.26 Å². The fourth-order valence-corrected chi connectivity index (χ4v) is 5.87. The highest BCUT2D eigenvalue weighted by Crippen LogP contribution is 2.53. The monoisotopic (exact) mass is 502 g/mol. The van der Waals surface area contributed by atoms with Crippen molar-refractivity contribution < 1.29 is 22.8 Å². The summed E-state index contributed by atoms with van der Waals surface area (Å²) in [6.07, 6.45) is 6.00. The predicted octanol–water partition coefficient (Wildman–Crippen LogP) is 4.01. The minimum atomic E-state index is -3.50. The molecule has 1 aromatic carbocycles. The zero-order valence-corrected chi connectivity index (χ0v) is 20.4. The Labute approximate surface area is 209 Å². The summed E-state index contributed by atoms with van der Waals surface area (Å²) in [5.41, 5.74) is -1.55. The van der Waals surface area contributed by atoms with Crippen LogP contribution in [0.4, 0.5) is 13.2 Å². The molecular formula is C27H33F3N4O2. The summed E-state index contributed by atoms with van der Waals surface area (Å²) < 4.78 is 43.6. The Morgan fingerprint density at radius 2 is 1.81 bits per heavy atom. The van der Waals surface area contributed by atoms with Crippen molar-refractivity contribution in [1.82, 2.24) is 15.5 Å². The molecular weight excluding hydrogens is 469 g/mol. The van der Waals surface area contributed by atoms with Gasteiger partial charge in [0.05, 0.1) is 11.6 Å². The van der Waals surface area contributed by atoms with Crippen molar-refractivity contribution in [3.05, 3.63) is 35.6 Å². The van der Waals surface area contributed by atoms with E-state index in [-0.39, 0.29) is 23.7 Å². The third-order valence-corrected chi connectivity index (χ3v) is 8.63. The Morgan fingerprint density at radius 3 is 2.39 bits per heavy atom. The summed E-state index contributed by atoms with van der Waals surface area (Å²) in [5.74, 6) is -5.70. The van der Waals surface area contributed by atoms with Gasteiger partial charge < -0.3 is 15.5 Å². The first kappa shape index (κ1) is 25.1. The van der Waals surface area contributed by atoms with Gasteiger partial charge in [0.2, 0.25) is 11.8 Å². The van der Waals surface area contributed by atoms with Crippen LogP contribution >= 0.6 is 0 Å². The number of nitrogens with zero attached hydrogens (tertiary/aromatic N) is 2. The Hall–Kier alpha value is -2.60. The van der Waals surface area contributed by atoms with Gasteiger partial charge in [0, 0.05) is 18.4 Å². The molecule has 3 aliphatic carbocycles. The Balaban J connectivity index is 1.20. The summed E-state index contributed by atoms with van der Waals surface area (Å²) in [6.45, 7) is 2.12. The summed E-state index contributed by atoms with van der Waals surface area (Å²) in [4.78, 5) is 28.5. The largest absolute Gasteiger partial charge is 0.344 e. The van der Waals surface area contributed by atoms with Crippen molar-refractivity contribution in [2.45, 2.75) is 87.8 Å². The van der Waals surface area contributed by atoms with Crippen molar-refractivity contribution in [2.75, 3.05) is 13.1 Å². The molecule has 3 saturated carbocycles. The Morgan fingerprint density at radius 1 is 1.14 bits per heavy atom. The van der Waals surface area contributed by atoms with Gasteiger partial charge in [-0.2, -0.15) is 5.26 Å². The maximum Gasteiger partial charge on any atom is 0.276 e. The number of likely N-dealkylation sites (tertiary alicyclic amines) is 1. The quantitative estimate of drug-likeness (QED) is 0.535. The molecule has 5 rings (SSSR count). The summed E-state index contributed by atoms with van der Waals surface area (Å²) in [5, 5.41) is 14.6. The van der Waals surface area contributed by atoms with Gasteiger partial charge in [-0.1, -0.05) is 18.2 Å². The van der Waals surface area contributed by atoms with E-state index in [1.165, 1.54) is 25.0 Å². The first-order valence-corrected chi connectivity index (χ1v) is 13.0. The summed E-state index contributed by atoms with van der Waals surface area (Å²) >= 11 is 0. The van der Waals surface area contributed by atoms with E-state index < -0.39 is 41.2 Å². The van der Waals surface area contributed by atoms with Crippen LogP contribution in [0, 0.1) is 28.5 Å². The van der Waals surface area contributed by atoms with Gasteiger partial charge in [-0.25, -0.2) is 13.2 Å². The normalized spacial score (nSPS) is 23.8. The van der Waals surface area contributed by atoms with E-state index in [4.69, 9.17) is 0 Å². The number of hydrogen-bond donors (Lipinski definition) is 2. The Bertz CT molecular complexity index is 1050. The molecule has 0 bridgehead atoms. The molecule has 2 N–H and O–H groups in total. The second-order valence-corrected chi connectivity index (χ2v) is 11.3. The highest BCUT2D eigenvalue weighted by Gasteiger charge is 2.51. The van der Waals surface area contributed by atoms with E-state index in [9.17, 15) is 28.0 Å². The van der Waals surface area contributed by atoms with Gasteiger partial charge in [0.15, 0.2) is 0 Å². The van der Waals surface area contributed by atoms with E-state index in [1.54, 1.807) is 0 Å². The molecule has 4 fully saturated rings. The van der Waals surface area contributed by atoms with E-state index in [0.29, 0.717) is 12.8 Å². The second kappa shape index (κ2) is 9.37. The van der Waals surface area contributed by atoms with Crippen LogP contribution < -0.4 is 10.6 Å². The third-order valence-electron chi connectivity index (χ3n) is 8.63. The minimum absolute atomic E-state index is 0.169. The lowest BCUT2D eigenvalue weighted by Crippen LogP contribution is -2.55. The van der Waals surface area contributed by atoms with Gasteiger partial charge in [0.1, 0.15) is 17.4 Å². The van der Waals surface area contributed by atoms with Crippen LogP contribution in [0.15, 0.2) is 24.3 Å². The van der Waals surface area contributed by atoms with E-state index in [2.05, 4.69) is 21.6 Å². The van der Waals surface area contributed by atoms with Crippen molar-refractivity contribution >= 4 is 11.8 Å². The van der Waals surface area contributed by atoms with E-state index >= 15 is 0 Å². The average molecular weight is 503 g/mol. The molecule has 1 aliphatic heterocycles. The lowest BCUT2D eigenvalue weighted by Gasteiger charge is -2.52. The van der Waals surface area contributed by atoms with Crippen LogP contribution in [0.2, 0.25) is 0 Å². The second-order valence-electron chi connectivity index (χ2n) is 11.3. The SMILES string of the molecule is N#CC1(NC(=O)[C@H](CCC(F)(F)c2ccccc2F)NC(=O)C2CC3(CCN(C4CC4)CC3)C2)CC1. The van der Waals surface area contributed by atoms with Gasteiger partial charge in [-0.15, -0.1) is 0 Å². The number of nitriles is 1. The van der Waals surface area contributed by atoms with E-state index in [1.807, 2.05) is 0 Å². The van der Waals surface area contributed by atoms with Crippen molar-refractivity contribution in [3.63, 3.8) is 0 Å². The third kappa shape index (κ3) is 5.24. The number of hydrogen-bond acceptors (Lipinski definition) is 4. The fraction of sp³-hybridized carbons (Fsp3) is 0.667. The molecule has 9 heteroatoms. The number of benzene rings is 1. The van der Waals surface area contributed by atoms with Crippen LogP contribution in [-0.2, 0) is 15.5 Å². The topological polar surface area (TPSA) is 85.2 Å². The maximum atomic E-state index is 14.8. The zero-order chi connectivity index (χ0) is 25.6. The molecule has 1 saturated heterocycles. The highest BCUT2D eigenvalue weighted by atomic mass is 19.3. The lowest BCUT2D eigenvalue weighted by molar-refractivity contribution is -0.139. The number of carbonyl (C=O) groups excluding carboxylic acids is 2. The van der Waals surface area contributed by atoms with Crippen LogP contribution in [-0.4, -0.2) is 47.4 Å². The van der Waals surface area contributed by atoms with Crippen LogP contribution in [0.1, 0.15) is 69.8 Å². The molecule has 6 nitrogen and oxygen atoms in total. The molecule has 1 spiro atoms. The number of halogens is 3. The number of alkyl halides is 2. The smallest absolute Gasteiger partial charge is 0.276 e. The molecule has 0 aromatic heterocycles. The number of amides is 2. The molecule has 0 unspecified atom stereocenters. The number of piperidine rings is 1. The molecule has 36 heavy (non-hydrogen) atoms. The van der Waals surface area contributed by atoms with Crippen molar-refractivity contribution in [2.24, 2.45) is 11.3 Å². The lowest BCUT2D eigenvalue weighted by atomic mass is 9.57. The number of nitrogens with one attached hydrogen (secondary N) is 2. The molecule has 1 aromatic rings. The van der Waals surface area contributed by atoms with Gasteiger partial charge in [0.25, 0.3) is 5.92 Å². The fourth-order valence-electron chi connectivity index (χ4n) is 5.87. The first-order valence-electron chi connectivity index (χ1n) is 13.0. The standard InChI is InChI=1S/C27H33F3N4O2/c28-21-4-2-1-3-20(21)27(29,30)8-7-22(24(36)33-26(17-31)9-10-26)32-23(35)18-15-25(16-18)11-13-34(14-12-25)19-5-6-19/h1-4,18-19,22H,5-16H2,(H,32,35)(H,33,36)/t22-/m0/s1. The van der Waals surface area contributed by atoms with Crippen LogP contribution in [0.5, 0.6) is 0 Å². The maximum absolute atomic E-state index is 14.8. The molecule has 4 aliphatic rings. The van der Waals surface area contributed by atoms with Crippen LogP contribution in [0.3, 0.4) is 0 Å². The molecule has 194 valence electrons. The predicted molar refractivity (Wildman–Crippen MR) is 126 cm³/mol. The number of carbonyl (C=O) groups is 2. The summed E-state index contributed by atoms with van der Waals surface area (Å²) in [7, 11) is 0. The van der Waals surface area contributed by atoms with Crippen molar-refractivity contribution in [3.8, 4) is 6.07 Å². The highest BCUT2D eigenvalue weighted by molar-refractivity contribution is 5.89. The average Bonchev–Trinajstić information content (AvgIpc) is 3.76. The van der Waals surface area contributed by atoms with E-state index in [0.717, 1.165) is 56.9 Å². The first-order chi connectivity index (χ1) is 17.1. The molecule has 2 amide bonds. The van der Waals surface area contributed by atoms with Crippen LogP contribution in [0.25, 0.3) is 0 Å². The minimum Gasteiger partial charge on any atom is -0.344 e. The van der Waals surface area contributed by atoms with Gasteiger partial charge in [-0.3, -0.25) is 9.59 Å². The molecule has 0 radical (unpaired) electrons. The summed E-state index contributed by atoms with van der Waals surface area (Å²) in [6, 6.07) is 6.25. The van der Waals surface area contributed by atoms with Gasteiger partial charge >= 0.3 is 0 Å². The zero-order valence-electron chi connectivity index (χ0n) is 20.4. The Kier molecular flexibility index (Phi) is 6.52. The van der Waals surface area contributed by atoms with Gasteiger partial charge in [-0.05, 0) is 82.4 Å². The number of rotatable bonds is 9. The molecule has 1 atom stereocenters.